The van der Waals surface area contributed by atoms with Crippen LogP contribution in [0.15, 0.2) is 89.8 Å². The molecule has 0 unspecified atom stereocenters. The van der Waals surface area contributed by atoms with Crippen molar-refractivity contribution >= 4 is 27.3 Å². The molecule has 30 heavy (non-hydrogen) atoms. The second kappa shape index (κ2) is 9.84. The van der Waals surface area contributed by atoms with Gasteiger partial charge in [-0.05, 0) is 29.8 Å². The molecule has 2 N–H and O–H groups in total. The number of amides is 2. The Hall–Kier alpha value is -3.45. The third kappa shape index (κ3) is 5.78. The van der Waals surface area contributed by atoms with E-state index in [0.717, 1.165) is 5.56 Å². The van der Waals surface area contributed by atoms with Gasteiger partial charge in [0.05, 0.1) is 21.9 Å². The summed E-state index contributed by atoms with van der Waals surface area (Å²) in [4.78, 5) is 25.1. The van der Waals surface area contributed by atoms with Crippen LogP contribution in [0.3, 0.4) is 0 Å². The number of hydrogen-bond donors (Lipinski definition) is 2. The third-order valence-corrected chi connectivity index (χ3v) is 6.17. The highest BCUT2D eigenvalue weighted by Crippen LogP contribution is 2.17. The Morgan fingerprint density at radius 1 is 0.767 bits per heavy atom. The highest BCUT2D eigenvalue weighted by atomic mass is 32.2. The molecular weight excluding hydrogens is 400 g/mol. The van der Waals surface area contributed by atoms with E-state index in [1.165, 1.54) is 12.1 Å². The minimum atomic E-state index is -3.55. The van der Waals surface area contributed by atoms with Crippen LogP contribution in [0.5, 0.6) is 0 Å². The molecular formula is C23H22N2O4S. The van der Waals surface area contributed by atoms with Crippen LogP contribution in [0, 0.1) is 0 Å². The first-order valence-electron chi connectivity index (χ1n) is 9.44. The molecule has 3 rings (SSSR count). The number of sulfone groups is 1. The summed E-state index contributed by atoms with van der Waals surface area (Å²) in [6.45, 7) is 0.358. The largest absolute Gasteiger partial charge is 0.348 e. The zero-order valence-electron chi connectivity index (χ0n) is 16.2. The predicted octanol–water partition coefficient (Wildman–Crippen LogP) is 3.42. The Morgan fingerprint density at radius 2 is 1.37 bits per heavy atom. The molecule has 3 aromatic carbocycles. The molecule has 0 heterocycles. The molecule has 7 heteroatoms. The Balaban J connectivity index is 1.61. The summed E-state index contributed by atoms with van der Waals surface area (Å²) in [6.07, 6.45) is -0.211. The van der Waals surface area contributed by atoms with E-state index < -0.39 is 15.7 Å². The maximum atomic E-state index is 12.6. The Morgan fingerprint density at radius 3 is 2.07 bits per heavy atom. The lowest BCUT2D eigenvalue weighted by Gasteiger charge is -2.12. The van der Waals surface area contributed by atoms with Crippen molar-refractivity contribution in [3.63, 3.8) is 0 Å². The zero-order chi connectivity index (χ0) is 21.4. The number of carbonyl (C=O) groups excluding carboxylic acids is 2. The fourth-order valence-electron chi connectivity index (χ4n) is 2.85. The molecule has 0 fully saturated rings. The van der Waals surface area contributed by atoms with Crippen LogP contribution in [0.2, 0.25) is 0 Å². The van der Waals surface area contributed by atoms with E-state index in [4.69, 9.17) is 0 Å². The molecule has 0 saturated heterocycles. The molecule has 0 aliphatic rings. The van der Waals surface area contributed by atoms with Crippen LogP contribution in [0.4, 0.5) is 5.69 Å². The topological polar surface area (TPSA) is 92.3 Å². The maximum absolute atomic E-state index is 12.6. The first-order valence-corrected chi connectivity index (χ1v) is 11.1. The molecule has 0 atom stereocenters. The number of carbonyl (C=O) groups is 2. The van der Waals surface area contributed by atoms with Gasteiger partial charge in [-0.25, -0.2) is 8.42 Å². The van der Waals surface area contributed by atoms with Gasteiger partial charge in [-0.2, -0.15) is 0 Å². The Labute approximate surface area is 175 Å². The van der Waals surface area contributed by atoms with E-state index in [9.17, 15) is 18.0 Å². The van der Waals surface area contributed by atoms with E-state index in [1.807, 2.05) is 30.3 Å². The van der Waals surface area contributed by atoms with Crippen molar-refractivity contribution in [3.05, 3.63) is 96.1 Å². The fourth-order valence-corrected chi connectivity index (χ4v) is 4.11. The Kier molecular flexibility index (Phi) is 6.98. The number of hydrogen-bond acceptors (Lipinski definition) is 4. The van der Waals surface area contributed by atoms with Crippen LogP contribution in [0.1, 0.15) is 22.3 Å². The van der Waals surface area contributed by atoms with Gasteiger partial charge in [0.2, 0.25) is 5.91 Å². The number of benzene rings is 3. The molecule has 6 nitrogen and oxygen atoms in total. The van der Waals surface area contributed by atoms with Crippen molar-refractivity contribution in [2.45, 2.75) is 17.9 Å². The number of para-hydroxylation sites is 1. The highest BCUT2D eigenvalue weighted by Gasteiger charge is 2.18. The van der Waals surface area contributed by atoms with Crippen molar-refractivity contribution in [2.24, 2.45) is 0 Å². The molecule has 0 spiro atoms. The standard InChI is InChI=1S/C23H22N2O4S/c26-22(15-16-30(28,29)19-11-5-2-6-12-19)25-21-14-8-7-13-20(21)23(27)24-17-18-9-3-1-4-10-18/h1-14H,15-17H2,(H,24,27)(H,25,26). The van der Waals surface area contributed by atoms with Crippen LogP contribution >= 0.6 is 0 Å². The predicted molar refractivity (Wildman–Crippen MR) is 116 cm³/mol. The number of nitrogens with one attached hydrogen (secondary N) is 2. The minimum Gasteiger partial charge on any atom is -0.348 e. The zero-order valence-corrected chi connectivity index (χ0v) is 17.1. The average molecular weight is 423 g/mol. The molecule has 154 valence electrons. The lowest BCUT2D eigenvalue weighted by atomic mass is 10.1. The van der Waals surface area contributed by atoms with Crippen molar-refractivity contribution in [2.75, 3.05) is 11.1 Å². The summed E-state index contributed by atoms with van der Waals surface area (Å²) < 4.78 is 24.7. The average Bonchev–Trinajstić information content (AvgIpc) is 2.78. The van der Waals surface area contributed by atoms with Crippen LogP contribution < -0.4 is 10.6 Å². The molecule has 0 bridgehead atoms. The van der Waals surface area contributed by atoms with E-state index in [-0.39, 0.29) is 23.0 Å². The summed E-state index contributed by atoms with van der Waals surface area (Å²) in [5.41, 5.74) is 1.61. The van der Waals surface area contributed by atoms with E-state index >= 15 is 0 Å². The quantitative estimate of drug-likeness (QED) is 0.582. The van der Waals surface area contributed by atoms with Crippen molar-refractivity contribution in [3.8, 4) is 0 Å². The van der Waals surface area contributed by atoms with Gasteiger partial charge in [0.15, 0.2) is 9.84 Å². The molecule has 0 radical (unpaired) electrons. The number of rotatable bonds is 8. The third-order valence-electron chi connectivity index (χ3n) is 4.44. The molecule has 3 aromatic rings. The summed E-state index contributed by atoms with van der Waals surface area (Å²) in [6, 6.07) is 24.1. The SMILES string of the molecule is O=C(CCS(=O)(=O)c1ccccc1)Nc1ccccc1C(=O)NCc1ccccc1. The van der Waals surface area contributed by atoms with Crippen molar-refractivity contribution in [1.29, 1.82) is 0 Å². The number of anilines is 1. The fraction of sp³-hybridized carbons (Fsp3) is 0.130. The van der Waals surface area contributed by atoms with Gasteiger partial charge in [0.1, 0.15) is 0 Å². The Bertz CT molecular complexity index is 1110. The lowest BCUT2D eigenvalue weighted by molar-refractivity contribution is -0.115. The van der Waals surface area contributed by atoms with Gasteiger partial charge in [-0.1, -0.05) is 60.7 Å². The minimum absolute atomic E-state index is 0.179. The molecule has 0 aromatic heterocycles. The van der Waals surface area contributed by atoms with E-state index in [0.29, 0.717) is 17.8 Å². The monoisotopic (exact) mass is 422 g/mol. The normalized spacial score (nSPS) is 10.9. The summed E-state index contributed by atoms with van der Waals surface area (Å²) in [5, 5.41) is 5.47. The second-order valence-corrected chi connectivity index (χ2v) is 8.75. The van der Waals surface area contributed by atoms with E-state index in [1.54, 1.807) is 42.5 Å². The first kappa shape index (κ1) is 21.3. The van der Waals surface area contributed by atoms with Crippen LogP contribution in [-0.2, 0) is 21.2 Å². The van der Waals surface area contributed by atoms with E-state index in [2.05, 4.69) is 10.6 Å². The van der Waals surface area contributed by atoms with Gasteiger partial charge >= 0.3 is 0 Å². The van der Waals surface area contributed by atoms with Gasteiger partial charge in [0.25, 0.3) is 5.91 Å². The van der Waals surface area contributed by atoms with Crippen molar-refractivity contribution in [1.82, 2.24) is 5.32 Å². The highest BCUT2D eigenvalue weighted by molar-refractivity contribution is 7.91. The maximum Gasteiger partial charge on any atom is 0.253 e. The van der Waals surface area contributed by atoms with Crippen LogP contribution in [0.25, 0.3) is 0 Å². The van der Waals surface area contributed by atoms with Gasteiger partial charge in [-0.15, -0.1) is 0 Å². The van der Waals surface area contributed by atoms with Crippen LogP contribution in [-0.4, -0.2) is 26.0 Å². The summed E-state index contributed by atoms with van der Waals surface area (Å²) >= 11 is 0. The molecule has 0 saturated carbocycles. The lowest BCUT2D eigenvalue weighted by Crippen LogP contribution is -2.25. The smallest absolute Gasteiger partial charge is 0.253 e. The van der Waals surface area contributed by atoms with Crippen molar-refractivity contribution < 1.29 is 18.0 Å². The van der Waals surface area contributed by atoms with Gasteiger partial charge in [0, 0.05) is 13.0 Å². The molecule has 2 amide bonds. The molecule has 0 aliphatic carbocycles. The first-order chi connectivity index (χ1) is 14.5. The molecule has 0 aliphatic heterocycles. The summed E-state index contributed by atoms with van der Waals surface area (Å²) in [7, 11) is -3.55. The van der Waals surface area contributed by atoms with Gasteiger partial charge in [-0.3, -0.25) is 9.59 Å². The van der Waals surface area contributed by atoms with Gasteiger partial charge < -0.3 is 10.6 Å². The second-order valence-electron chi connectivity index (χ2n) is 6.64. The summed E-state index contributed by atoms with van der Waals surface area (Å²) in [5.74, 6) is -1.12.